The third-order valence-corrected chi connectivity index (χ3v) is 9.73. The van der Waals surface area contributed by atoms with E-state index >= 15 is 0 Å². The van der Waals surface area contributed by atoms with Crippen molar-refractivity contribution in [2.24, 2.45) is 0 Å². The Kier molecular flexibility index (Phi) is 19.6. The van der Waals surface area contributed by atoms with Crippen LogP contribution in [0.15, 0.2) is 36.4 Å². The zero-order valence-electron chi connectivity index (χ0n) is 36.4. The fourth-order valence-electron chi connectivity index (χ4n) is 5.93. The van der Waals surface area contributed by atoms with Crippen molar-refractivity contribution in [3.63, 3.8) is 0 Å². The molecule has 2 amide bonds. The second-order valence-electron chi connectivity index (χ2n) is 19.1. The maximum atomic E-state index is 12.0. The number of benzene rings is 2. The van der Waals surface area contributed by atoms with E-state index in [0.717, 1.165) is 77.5 Å². The summed E-state index contributed by atoms with van der Waals surface area (Å²) in [5.74, 6) is 0. The molecule has 0 aromatic heterocycles. The lowest BCUT2D eigenvalue weighted by Gasteiger charge is -2.26. The third kappa shape index (κ3) is 19.5. The summed E-state index contributed by atoms with van der Waals surface area (Å²) in [5.41, 5.74) is 8.74. The Hall–Kier alpha value is -3.10. The quantitative estimate of drug-likeness (QED) is 0.0949. The molecule has 0 fully saturated rings. The molecule has 0 saturated heterocycles. The van der Waals surface area contributed by atoms with Crippen LogP contribution in [0.4, 0.5) is 9.59 Å². The molecule has 8 nitrogen and oxygen atoms in total. The molecule has 2 aromatic rings. The van der Waals surface area contributed by atoms with E-state index < -0.39 is 0 Å². The van der Waals surface area contributed by atoms with E-state index in [4.69, 9.17) is 9.47 Å². The molecule has 0 saturated carbocycles. The second kappa shape index (κ2) is 22.5. The lowest BCUT2D eigenvalue weighted by molar-refractivity contribution is 0.143. The SMILES string of the molecule is CC(C)(C)c1cc(CCNCCCOC(=O)NCCCCCCNC(=O)OCCCNCCc2cc(C(C)(C)C)cc(C(C)(C)C)c2)cc(C(C)(C)C)c1. The number of carbonyl (C=O) groups is 2. The van der Waals surface area contributed by atoms with Gasteiger partial charge in [-0.05, 0) is 120 Å². The number of amides is 2. The highest BCUT2D eigenvalue weighted by Gasteiger charge is 2.22. The Balaban J connectivity index is 1.43. The summed E-state index contributed by atoms with van der Waals surface area (Å²) < 4.78 is 10.7. The first-order chi connectivity index (χ1) is 25.2. The predicted molar refractivity (Wildman–Crippen MR) is 227 cm³/mol. The van der Waals surface area contributed by atoms with Crippen LogP contribution in [0.2, 0.25) is 0 Å². The molecular weight excluding hydrogens is 673 g/mol. The van der Waals surface area contributed by atoms with Gasteiger partial charge in [0.2, 0.25) is 0 Å². The zero-order valence-corrected chi connectivity index (χ0v) is 36.4. The first-order valence-corrected chi connectivity index (χ1v) is 20.7. The van der Waals surface area contributed by atoms with E-state index in [-0.39, 0.29) is 33.8 Å². The number of hydrogen-bond acceptors (Lipinski definition) is 6. The molecule has 2 rings (SSSR count). The molecule has 0 aliphatic rings. The van der Waals surface area contributed by atoms with E-state index in [9.17, 15) is 9.59 Å². The zero-order chi connectivity index (χ0) is 40.4. The molecule has 0 bridgehead atoms. The molecule has 2 aromatic carbocycles. The van der Waals surface area contributed by atoms with E-state index in [0.29, 0.717) is 26.3 Å². The van der Waals surface area contributed by atoms with Crippen molar-refractivity contribution in [3.8, 4) is 0 Å². The Morgan fingerprint density at radius 1 is 0.426 bits per heavy atom. The van der Waals surface area contributed by atoms with Crippen LogP contribution < -0.4 is 21.3 Å². The van der Waals surface area contributed by atoms with Crippen LogP contribution in [0.1, 0.15) is 155 Å². The van der Waals surface area contributed by atoms with Crippen LogP contribution >= 0.6 is 0 Å². The number of carbonyl (C=O) groups excluding carboxylic acids is 2. The van der Waals surface area contributed by atoms with Gasteiger partial charge in [0.15, 0.2) is 0 Å². The minimum atomic E-state index is -0.358. The molecule has 0 aliphatic heterocycles. The number of hydrogen-bond donors (Lipinski definition) is 4. The number of ether oxygens (including phenoxy) is 2. The smallest absolute Gasteiger partial charge is 0.407 e. The fourth-order valence-corrected chi connectivity index (χ4v) is 5.93. The van der Waals surface area contributed by atoms with Gasteiger partial charge in [-0.25, -0.2) is 9.59 Å². The summed E-state index contributed by atoms with van der Waals surface area (Å²) in [7, 11) is 0. The van der Waals surface area contributed by atoms with Crippen LogP contribution in [0, 0.1) is 0 Å². The normalized spacial score (nSPS) is 12.4. The number of alkyl carbamates (subject to hydrolysis) is 2. The first kappa shape index (κ1) is 47.1. The van der Waals surface area contributed by atoms with Gasteiger partial charge < -0.3 is 30.7 Å². The van der Waals surface area contributed by atoms with Gasteiger partial charge in [0, 0.05) is 13.1 Å². The highest BCUT2D eigenvalue weighted by atomic mass is 16.6. The molecule has 0 unspecified atom stereocenters. The molecule has 0 radical (unpaired) electrons. The Labute approximate surface area is 330 Å². The summed E-state index contributed by atoms with van der Waals surface area (Å²) in [6, 6.07) is 14.1. The molecule has 54 heavy (non-hydrogen) atoms. The van der Waals surface area contributed by atoms with Crippen molar-refractivity contribution in [1.82, 2.24) is 21.3 Å². The average Bonchev–Trinajstić information content (AvgIpc) is 3.06. The summed E-state index contributed by atoms with van der Waals surface area (Å²) in [4.78, 5) is 24.1. The molecule has 0 aliphatic carbocycles. The van der Waals surface area contributed by atoms with Crippen molar-refractivity contribution < 1.29 is 19.1 Å². The van der Waals surface area contributed by atoms with Crippen LogP contribution in [0.3, 0.4) is 0 Å². The van der Waals surface area contributed by atoms with Gasteiger partial charge >= 0.3 is 12.2 Å². The summed E-state index contributed by atoms with van der Waals surface area (Å²) in [5, 5.41) is 12.7. The second-order valence-corrected chi connectivity index (χ2v) is 19.1. The Morgan fingerprint density at radius 2 is 0.741 bits per heavy atom. The van der Waals surface area contributed by atoms with E-state index in [1.54, 1.807) is 0 Å². The monoisotopic (exact) mass is 751 g/mol. The highest BCUT2D eigenvalue weighted by molar-refractivity contribution is 5.67. The van der Waals surface area contributed by atoms with Crippen molar-refractivity contribution in [1.29, 1.82) is 0 Å². The average molecular weight is 751 g/mol. The minimum absolute atomic E-state index is 0.119. The largest absolute Gasteiger partial charge is 0.450 e. The lowest BCUT2D eigenvalue weighted by Crippen LogP contribution is -2.27. The molecule has 8 heteroatoms. The third-order valence-electron chi connectivity index (χ3n) is 9.73. The van der Waals surface area contributed by atoms with Crippen molar-refractivity contribution in [3.05, 3.63) is 69.8 Å². The Morgan fingerprint density at radius 3 is 1.04 bits per heavy atom. The topological polar surface area (TPSA) is 101 Å². The van der Waals surface area contributed by atoms with Gasteiger partial charge in [0.1, 0.15) is 0 Å². The number of rotatable bonds is 21. The maximum absolute atomic E-state index is 12.0. The minimum Gasteiger partial charge on any atom is -0.450 e. The van der Waals surface area contributed by atoms with Crippen molar-refractivity contribution in [2.45, 2.75) is 156 Å². The van der Waals surface area contributed by atoms with Crippen LogP contribution in [0.5, 0.6) is 0 Å². The van der Waals surface area contributed by atoms with E-state index in [1.807, 2.05) is 0 Å². The molecule has 0 spiro atoms. The first-order valence-electron chi connectivity index (χ1n) is 20.7. The van der Waals surface area contributed by atoms with Gasteiger partial charge in [-0.1, -0.05) is 132 Å². The molecule has 4 N–H and O–H groups in total. The van der Waals surface area contributed by atoms with Crippen molar-refractivity contribution >= 4 is 12.2 Å². The summed E-state index contributed by atoms with van der Waals surface area (Å²) in [6.07, 6.45) is 6.49. The van der Waals surface area contributed by atoms with Crippen LogP contribution in [-0.2, 0) is 44.0 Å². The fraction of sp³-hybridized carbons (Fsp3) is 0.696. The van der Waals surface area contributed by atoms with E-state index in [2.05, 4.69) is 141 Å². The number of unbranched alkanes of at least 4 members (excludes halogenated alkanes) is 3. The maximum Gasteiger partial charge on any atom is 0.407 e. The van der Waals surface area contributed by atoms with Gasteiger partial charge in [0.25, 0.3) is 0 Å². The summed E-state index contributed by atoms with van der Waals surface area (Å²) in [6.45, 7) is 32.6. The Bertz CT molecular complexity index is 1240. The standard InChI is InChI=1S/C46H78N4O4/c1-43(2,3)37-29-35(30-38(33-37)44(4,5)6)19-25-47-21-17-27-53-41(51)49-23-15-13-14-16-24-50-42(52)54-28-18-22-48-26-20-36-31-39(45(7,8)9)34-40(32-36)46(10,11)12/h29-34,47-48H,13-28H2,1-12H3,(H,49,51)(H,50,52). The predicted octanol–water partition coefficient (Wildman–Crippen LogP) is 9.63. The number of nitrogens with one attached hydrogen (secondary N) is 4. The van der Waals surface area contributed by atoms with Crippen LogP contribution in [-0.4, -0.2) is 64.7 Å². The van der Waals surface area contributed by atoms with E-state index in [1.165, 1.54) is 33.4 Å². The highest BCUT2D eigenvalue weighted by Crippen LogP contribution is 2.31. The molecule has 0 heterocycles. The van der Waals surface area contributed by atoms with Gasteiger partial charge in [-0.3, -0.25) is 0 Å². The molecule has 306 valence electrons. The summed E-state index contributed by atoms with van der Waals surface area (Å²) >= 11 is 0. The van der Waals surface area contributed by atoms with Gasteiger partial charge in [0.05, 0.1) is 13.2 Å². The lowest BCUT2D eigenvalue weighted by atomic mass is 9.79. The van der Waals surface area contributed by atoms with Crippen molar-refractivity contribution in [2.75, 3.05) is 52.5 Å². The van der Waals surface area contributed by atoms with Gasteiger partial charge in [-0.2, -0.15) is 0 Å². The molecule has 0 atom stereocenters. The van der Waals surface area contributed by atoms with Crippen LogP contribution in [0.25, 0.3) is 0 Å². The molecular formula is C46H78N4O4. The van der Waals surface area contributed by atoms with Gasteiger partial charge in [-0.15, -0.1) is 0 Å².